The molecular weight excluding hydrogens is 276 g/mol. The van der Waals surface area contributed by atoms with Crippen molar-refractivity contribution >= 4 is 17.0 Å². The molecule has 0 N–H and O–H groups in total. The largest absolute Gasteiger partial charge is 0.449 e. The van der Waals surface area contributed by atoms with Gasteiger partial charge in [0.2, 0.25) is 0 Å². The molecule has 0 aliphatic heterocycles. The number of rotatable bonds is 5. The third-order valence-corrected chi connectivity index (χ3v) is 3.61. The zero-order valence-corrected chi connectivity index (χ0v) is 14.2. The minimum Gasteiger partial charge on any atom is -0.449 e. The van der Waals surface area contributed by atoms with Crippen LogP contribution in [0, 0.1) is 12.8 Å². The first-order valence-corrected chi connectivity index (χ1v) is 7.81. The summed E-state index contributed by atoms with van der Waals surface area (Å²) < 4.78 is 7.02. The minimum absolute atomic E-state index is 0.293. The van der Waals surface area contributed by atoms with Crippen LogP contribution in [0.3, 0.4) is 0 Å². The van der Waals surface area contributed by atoms with E-state index in [9.17, 15) is 4.79 Å². The summed E-state index contributed by atoms with van der Waals surface area (Å²) in [4.78, 5) is 14.5. The van der Waals surface area contributed by atoms with Gasteiger partial charge < -0.3 is 9.64 Å². The highest BCUT2D eigenvalue weighted by Crippen LogP contribution is 2.24. The first-order chi connectivity index (χ1) is 10.4. The first-order valence-electron chi connectivity index (χ1n) is 7.81. The summed E-state index contributed by atoms with van der Waals surface area (Å²) in [5.41, 5.74) is 3.31. The average molecular weight is 302 g/mol. The number of carbonyl (C=O) groups is 1. The second kappa shape index (κ2) is 6.97. The van der Waals surface area contributed by atoms with Crippen molar-refractivity contribution in [2.24, 2.45) is 5.92 Å². The molecule has 1 aromatic heterocycles. The molecule has 0 fully saturated rings. The van der Waals surface area contributed by atoms with Gasteiger partial charge in [0.05, 0.1) is 12.1 Å². The lowest BCUT2D eigenvalue weighted by Crippen LogP contribution is -2.16. The zero-order valence-electron chi connectivity index (χ0n) is 14.2. The van der Waals surface area contributed by atoms with Gasteiger partial charge in [0, 0.05) is 18.1 Å². The first kappa shape index (κ1) is 16.6. The number of hydrogen-bond donors (Lipinski definition) is 0. The zero-order chi connectivity index (χ0) is 16.3. The number of aryl methyl sites for hydroxylation is 1. The van der Waals surface area contributed by atoms with Crippen LogP contribution in [0.2, 0.25) is 0 Å². The minimum atomic E-state index is -0.293. The molecule has 0 unspecified atom stereocenters. The molecule has 0 atom stereocenters. The molecule has 1 aromatic carbocycles. The SMILES string of the molecule is Cc1ccc2c(c1)c(CCN(C)C)cn2C(=O)OCC(C)C. The van der Waals surface area contributed by atoms with Crippen molar-refractivity contribution in [3.05, 3.63) is 35.5 Å². The Hall–Kier alpha value is -1.81. The number of aromatic nitrogens is 1. The average Bonchev–Trinajstić information content (AvgIpc) is 2.80. The van der Waals surface area contributed by atoms with Crippen LogP contribution in [-0.2, 0) is 11.2 Å². The van der Waals surface area contributed by atoms with Crippen molar-refractivity contribution in [3.63, 3.8) is 0 Å². The maximum atomic E-state index is 12.3. The molecule has 120 valence electrons. The highest BCUT2D eigenvalue weighted by atomic mass is 16.5. The Morgan fingerprint density at radius 3 is 2.68 bits per heavy atom. The Morgan fingerprint density at radius 1 is 1.32 bits per heavy atom. The summed E-state index contributed by atoms with van der Waals surface area (Å²) in [5.74, 6) is 0.334. The van der Waals surface area contributed by atoms with Gasteiger partial charge in [-0.05, 0) is 51.1 Å². The fourth-order valence-corrected chi connectivity index (χ4v) is 2.41. The lowest BCUT2D eigenvalue weighted by molar-refractivity contribution is 0.135. The van der Waals surface area contributed by atoms with Gasteiger partial charge in [-0.1, -0.05) is 25.5 Å². The van der Waals surface area contributed by atoms with E-state index in [1.807, 2.05) is 32.2 Å². The Morgan fingerprint density at radius 2 is 2.05 bits per heavy atom. The molecule has 0 spiro atoms. The van der Waals surface area contributed by atoms with Crippen molar-refractivity contribution in [2.75, 3.05) is 27.2 Å². The van der Waals surface area contributed by atoms with E-state index in [-0.39, 0.29) is 6.09 Å². The maximum Gasteiger partial charge on any atom is 0.418 e. The fraction of sp³-hybridized carbons (Fsp3) is 0.500. The van der Waals surface area contributed by atoms with E-state index in [4.69, 9.17) is 4.74 Å². The van der Waals surface area contributed by atoms with Crippen LogP contribution < -0.4 is 0 Å². The van der Waals surface area contributed by atoms with Crippen molar-refractivity contribution < 1.29 is 9.53 Å². The van der Waals surface area contributed by atoms with E-state index >= 15 is 0 Å². The van der Waals surface area contributed by atoms with Crippen LogP contribution in [-0.4, -0.2) is 42.8 Å². The van der Waals surface area contributed by atoms with E-state index in [1.165, 1.54) is 11.1 Å². The lowest BCUT2D eigenvalue weighted by Gasteiger charge is -2.08. The Bertz CT molecular complexity index is 656. The maximum absolute atomic E-state index is 12.3. The Labute approximate surface area is 132 Å². The lowest BCUT2D eigenvalue weighted by atomic mass is 10.1. The van der Waals surface area contributed by atoms with Crippen molar-refractivity contribution in [2.45, 2.75) is 27.2 Å². The molecule has 2 rings (SSSR count). The monoisotopic (exact) mass is 302 g/mol. The third kappa shape index (κ3) is 3.89. The van der Waals surface area contributed by atoms with E-state index in [1.54, 1.807) is 4.57 Å². The summed E-state index contributed by atoms with van der Waals surface area (Å²) in [6, 6.07) is 6.18. The third-order valence-electron chi connectivity index (χ3n) is 3.61. The van der Waals surface area contributed by atoms with Crippen LogP contribution in [0.1, 0.15) is 25.0 Å². The van der Waals surface area contributed by atoms with Crippen LogP contribution in [0.25, 0.3) is 10.9 Å². The van der Waals surface area contributed by atoms with E-state index in [0.717, 1.165) is 23.9 Å². The Kier molecular flexibility index (Phi) is 5.24. The predicted octanol–water partition coefficient (Wildman–Crippen LogP) is 3.69. The van der Waals surface area contributed by atoms with Gasteiger partial charge in [0.1, 0.15) is 0 Å². The number of nitrogens with zero attached hydrogens (tertiary/aromatic N) is 2. The van der Waals surface area contributed by atoms with Gasteiger partial charge >= 0.3 is 6.09 Å². The molecule has 0 bridgehead atoms. The molecule has 0 radical (unpaired) electrons. The standard InChI is InChI=1S/C18H26N2O2/c1-13(2)12-22-18(21)20-11-15(8-9-19(4)5)16-10-14(3)6-7-17(16)20/h6-7,10-11,13H,8-9,12H2,1-5H3. The van der Waals surface area contributed by atoms with Crippen LogP contribution >= 0.6 is 0 Å². The van der Waals surface area contributed by atoms with Crippen LogP contribution in [0.4, 0.5) is 4.79 Å². The molecule has 2 aromatic rings. The number of hydrogen-bond acceptors (Lipinski definition) is 3. The van der Waals surface area contributed by atoms with Gasteiger partial charge in [0.25, 0.3) is 0 Å². The van der Waals surface area contributed by atoms with Crippen molar-refractivity contribution in [1.82, 2.24) is 9.47 Å². The number of carbonyl (C=O) groups excluding carboxylic acids is 1. The molecule has 1 heterocycles. The second-order valence-electron chi connectivity index (χ2n) is 6.57. The molecular formula is C18H26N2O2. The molecule has 0 aliphatic rings. The number of benzene rings is 1. The van der Waals surface area contributed by atoms with Gasteiger partial charge in [-0.25, -0.2) is 4.79 Å². The van der Waals surface area contributed by atoms with Gasteiger partial charge in [-0.3, -0.25) is 4.57 Å². The summed E-state index contributed by atoms with van der Waals surface area (Å²) in [6.07, 6.45) is 2.55. The second-order valence-corrected chi connectivity index (χ2v) is 6.57. The molecule has 0 saturated carbocycles. The predicted molar refractivity (Wildman–Crippen MR) is 90.5 cm³/mol. The molecule has 22 heavy (non-hydrogen) atoms. The Balaban J connectivity index is 2.35. The highest BCUT2D eigenvalue weighted by molar-refractivity contribution is 5.92. The summed E-state index contributed by atoms with van der Waals surface area (Å²) in [5, 5.41) is 1.14. The quantitative estimate of drug-likeness (QED) is 0.844. The summed E-state index contributed by atoms with van der Waals surface area (Å²) in [6.45, 7) is 7.54. The van der Waals surface area contributed by atoms with Gasteiger partial charge in [-0.2, -0.15) is 0 Å². The molecule has 4 heteroatoms. The number of fused-ring (bicyclic) bond motifs is 1. The molecule has 4 nitrogen and oxygen atoms in total. The molecule has 0 aliphatic carbocycles. The van der Waals surface area contributed by atoms with Crippen molar-refractivity contribution in [1.29, 1.82) is 0 Å². The number of likely N-dealkylation sites (N-methyl/N-ethyl adjacent to an activating group) is 1. The molecule has 0 amide bonds. The smallest absolute Gasteiger partial charge is 0.418 e. The van der Waals surface area contributed by atoms with Gasteiger partial charge in [-0.15, -0.1) is 0 Å². The fourth-order valence-electron chi connectivity index (χ4n) is 2.41. The van der Waals surface area contributed by atoms with E-state index < -0.39 is 0 Å². The number of ether oxygens (including phenoxy) is 1. The topological polar surface area (TPSA) is 34.5 Å². The normalized spacial score (nSPS) is 11.6. The van der Waals surface area contributed by atoms with Crippen molar-refractivity contribution in [3.8, 4) is 0 Å². The van der Waals surface area contributed by atoms with Gasteiger partial charge in [0.15, 0.2) is 0 Å². The summed E-state index contributed by atoms with van der Waals surface area (Å²) >= 11 is 0. The highest BCUT2D eigenvalue weighted by Gasteiger charge is 2.15. The van der Waals surface area contributed by atoms with Crippen LogP contribution in [0.15, 0.2) is 24.4 Å². The molecule has 0 saturated heterocycles. The summed E-state index contributed by atoms with van der Waals surface area (Å²) in [7, 11) is 4.11. The van der Waals surface area contributed by atoms with E-state index in [0.29, 0.717) is 12.5 Å². The van der Waals surface area contributed by atoms with E-state index in [2.05, 4.69) is 32.0 Å². The van der Waals surface area contributed by atoms with Crippen LogP contribution in [0.5, 0.6) is 0 Å².